The van der Waals surface area contributed by atoms with E-state index in [1.807, 2.05) is 0 Å². The van der Waals surface area contributed by atoms with Crippen molar-refractivity contribution in [3.63, 3.8) is 0 Å². The number of carbonyl (C=O) groups is 1. The molecule has 0 atom stereocenters. The molecule has 5 heteroatoms. The summed E-state index contributed by atoms with van der Waals surface area (Å²) >= 11 is 4.83. The summed E-state index contributed by atoms with van der Waals surface area (Å²) in [4.78, 5) is 15.8. The smallest absolute Gasteiger partial charge is 0.236 e. The third kappa shape index (κ3) is 2.73. The fraction of sp³-hybridized carbons (Fsp3) is 0.300. The van der Waals surface area contributed by atoms with Gasteiger partial charge in [0.15, 0.2) is 0 Å². The highest BCUT2D eigenvalue weighted by atomic mass is 32.1. The fourth-order valence-electron chi connectivity index (χ4n) is 0.836. The number of pyridine rings is 1. The first-order chi connectivity index (χ1) is 6.94. The molecule has 0 bridgehead atoms. The molecule has 0 aliphatic heterocycles. The lowest BCUT2D eigenvalue weighted by Gasteiger charge is -2.21. The number of hydrogen-bond donors (Lipinski definition) is 2. The van der Waals surface area contributed by atoms with Gasteiger partial charge in [0.1, 0.15) is 0 Å². The lowest BCUT2D eigenvalue weighted by molar-refractivity contribution is -0.121. The molecule has 1 amide bonds. The summed E-state index contributed by atoms with van der Waals surface area (Å²) < 4.78 is 0. The molecule has 0 aromatic carbocycles. The summed E-state index contributed by atoms with van der Waals surface area (Å²) in [6.07, 6.45) is 3.20. The number of nitrogens with two attached hydrogens (primary N) is 1. The zero-order valence-corrected chi connectivity index (χ0v) is 9.47. The van der Waals surface area contributed by atoms with E-state index < -0.39 is 5.41 Å². The van der Waals surface area contributed by atoms with Gasteiger partial charge in [0.2, 0.25) is 5.91 Å². The van der Waals surface area contributed by atoms with Crippen LogP contribution in [0.25, 0.3) is 0 Å². The molecular formula is C10H13N3OS. The lowest BCUT2D eigenvalue weighted by Crippen LogP contribution is -2.41. The Kier molecular flexibility index (Phi) is 3.36. The first-order valence-corrected chi connectivity index (χ1v) is 4.87. The van der Waals surface area contributed by atoms with Crippen LogP contribution in [-0.4, -0.2) is 15.9 Å². The first-order valence-electron chi connectivity index (χ1n) is 4.46. The molecule has 15 heavy (non-hydrogen) atoms. The van der Waals surface area contributed by atoms with Crippen molar-refractivity contribution < 1.29 is 4.79 Å². The predicted molar refractivity (Wildman–Crippen MR) is 63.4 cm³/mol. The highest BCUT2D eigenvalue weighted by Crippen LogP contribution is 2.18. The van der Waals surface area contributed by atoms with Gasteiger partial charge in [0, 0.05) is 6.20 Å². The van der Waals surface area contributed by atoms with E-state index in [1.165, 1.54) is 0 Å². The maximum absolute atomic E-state index is 11.8. The molecule has 3 N–H and O–H groups in total. The highest BCUT2D eigenvalue weighted by Gasteiger charge is 2.30. The van der Waals surface area contributed by atoms with Gasteiger partial charge in [0.05, 0.1) is 22.3 Å². The van der Waals surface area contributed by atoms with Crippen LogP contribution in [-0.2, 0) is 4.79 Å². The summed E-state index contributed by atoms with van der Waals surface area (Å²) in [5, 5.41) is 2.69. The number of amides is 1. The van der Waals surface area contributed by atoms with E-state index in [-0.39, 0.29) is 10.9 Å². The van der Waals surface area contributed by atoms with Gasteiger partial charge < -0.3 is 11.1 Å². The van der Waals surface area contributed by atoms with Crippen LogP contribution >= 0.6 is 12.2 Å². The van der Waals surface area contributed by atoms with E-state index >= 15 is 0 Å². The van der Waals surface area contributed by atoms with Crippen molar-refractivity contribution in [1.82, 2.24) is 4.98 Å². The molecule has 0 saturated heterocycles. The van der Waals surface area contributed by atoms with E-state index in [9.17, 15) is 4.79 Å². The Morgan fingerprint density at radius 1 is 1.60 bits per heavy atom. The molecule has 0 fully saturated rings. The van der Waals surface area contributed by atoms with Crippen molar-refractivity contribution in [3.05, 3.63) is 24.5 Å². The van der Waals surface area contributed by atoms with Crippen LogP contribution in [0.15, 0.2) is 24.5 Å². The molecule has 0 radical (unpaired) electrons. The zero-order valence-electron chi connectivity index (χ0n) is 8.65. The summed E-state index contributed by atoms with van der Waals surface area (Å²) in [5.41, 5.74) is 5.26. The van der Waals surface area contributed by atoms with Crippen LogP contribution in [0.3, 0.4) is 0 Å². The minimum Gasteiger partial charge on any atom is -0.392 e. The van der Waals surface area contributed by atoms with Gasteiger partial charge >= 0.3 is 0 Å². The highest BCUT2D eigenvalue weighted by molar-refractivity contribution is 7.80. The minimum absolute atomic E-state index is 0.170. The zero-order chi connectivity index (χ0) is 11.5. The van der Waals surface area contributed by atoms with Crippen LogP contribution in [0.2, 0.25) is 0 Å². The Hall–Kier alpha value is -1.49. The summed E-state index contributed by atoms with van der Waals surface area (Å²) in [6.45, 7) is 3.36. The van der Waals surface area contributed by atoms with Gasteiger partial charge in [-0.05, 0) is 26.0 Å². The quantitative estimate of drug-likeness (QED) is 0.759. The van der Waals surface area contributed by atoms with Gasteiger partial charge in [-0.15, -0.1) is 0 Å². The summed E-state index contributed by atoms with van der Waals surface area (Å²) in [5.74, 6) is -0.233. The van der Waals surface area contributed by atoms with E-state index in [1.54, 1.807) is 38.4 Å². The molecule has 80 valence electrons. The minimum atomic E-state index is -0.856. The number of carbonyl (C=O) groups excluding carboxylic acids is 1. The Morgan fingerprint density at radius 2 is 2.27 bits per heavy atom. The van der Waals surface area contributed by atoms with Crippen molar-refractivity contribution in [2.24, 2.45) is 11.1 Å². The fourth-order valence-corrected chi connectivity index (χ4v) is 0.929. The number of rotatable bonds is 3. The predicted octanol–water partition coefficient (Wildman–Crippen LogP) is 1.33. The molecule has 0 spiro atoms. The maximum atomic E-state index is 11.8. The van der Waals surface area contributed by atoms with Crippen molar-refractivity contribution in [2.75, 3.05) is 5.32 Å². The number of aromatic nitrogens is 1. The largest absolute Gasteiger partial charge is 0.392 e. The van der Waals surface area contributed by atoms with Crippen LogP contribution in [0, 0.1) is 5.41 Å². The average molecular weight is 223 g/mol. The van der Waals surface area contributed by atoms with Gasteiger partial charge in [-0.1, -0.05) is 12.2 Å². The van der Waals surface area contributed by atoms with E-state index in [0.29, 0.717) is 5.69 Å². The normalized spacial score (nSPS) is 10.8. The standard InChI is InChI=1S/C10H13N3OS/c1-10(2,8(11)15)9(14)13-7-4-3-5-12-6-7/h3-6H,1-2H3,(H2,11,15)(H,13,14). The molecule has 4 nitrogen and oxygen atoms in total. The molecule has 1 aromatic heterocycles. The number of anilines is 1. The van der Waals surface area contributed by atoms with Crippen molar-refractivity contribution in [3.8, 4) is 0 Å². The van der Waals surface area contributed by atoms with E-state index in [0.717, 1.165) is 0 Å². The molecule has 0 aliphatic rings. The molecule has 1 rings (SSSR count). The van der Waals surface area contributed by atoms with Crippen LogP contribution in [0.5, 0.6) is 0 Å². The van der Waals surface area contributed by atoms with Crippen LogP contribution in [0.4, 0.5) is 5.69 Å². The average Bonchev–Trinajstić information content (AvgIpc) is 2.18. The van der Waals surface area contributed by atoms with Crippen molar-refractivity contribution in [2.45, 2.75) is 13.8 Å². The summed E-state index contributed by atoms with van der Waals surface area (Å²) in [7, 11) is 0. The molecule has 1 heterocycles. The second kappa shape index (κ2) is 4.35. The Labute approximate surface area is 93.9 Å². The maximum Gasteiger partial charge on any atom is 0.236 e. The number of thiocarbonyl (C=S) groups is 1. The molecular weight excluding hydrogens is 210 g/mol. The number of nitrogens with one attached hydrogen (secondary N) is 1. The third-order valence-corrected chi connectivity index (χ3v) is 2.61. The monoisotopic (exact) mass is 223 g/mol. The van der Waals surface area contributed by atoms with Gasteiger partial charge in [-0.25, -0.2) is 0 Å². The van der Waals surface area contributed by atoms with Gasteiger partial charge in [-0.2, -0.15) is 0 Å². The summed E-state index contributed by atoms with van der Waals surface area (Å²) in [6, 6.07) is 3.49. The Balaban J connectivity index is 2.77. The van der Waals surface area contributed by atoms with E-state index in [2.05, 4.69) is 10.3 Å². The van der Waals surface area contributed by atoms with Gasteiger partial charge in [0.25, 0.3) is 0 Å². The van der Waals surface area contributed by atoms with Crippen LogP contribution < -0.4 is 11.1 Å². The van der Waals surface area contributed by atoms with Crippen LogP contribution in [0.1, 0.15) is 13.8 Å². The van der Waals surface area contributed by atoms with Crippen molar-refractivity contribution >= 4 is 28.8 Å². The third-order valence-electron chi connectivity index (χ3n) is 2.10. The second-order valence-corrected chi connectivity index (χ2v) is 4.12. The number of hydrogen-bond acceptors (Lipinski definition) is 3. The molecule has 0 aliphatic carbocycles. The first kappa shape index (κ1) is 11.6. The Morgan fingerprint density at radius 3 is 2.73 bits per heavy atom. The van der Waals surface area contributed by atoms with Gasteiger partial charge in [-0.3, -0.25) is 9.78 Å². The molecule has 1 aromatic rings. The molecule has 0 saturated carbocycles. The van der Waals surface area contributed by atoms with E-state index in [4.69, 9.17) is 18.0 Å². The second-order valence-electron chi connectivity index (χ2n) is 3.69. The Bertz CT molecular complexity index is 376. The lowest BCUT2D eigenvalue weighted by atomic mass is 9.92. The topological polar surface area (TPSA) is 68.0 Å². The van der Waals surface area contributed by atoms with Crippen molar-refractivity contribution in [1.29, 1.82) is 0 Å². The SMILES string of the molecule is CC(C)(C(=O)Nc1cccnc1)C(N)=S. The number of nitrogens with zero attached hydrogens (tertiary/aromatic N) is 1. The molecule has 0 unspecified atom stereocenters.